The molecule has 0 saturated carbocycles. The van der Waals surface area contributed by atoms with E-state index in [1.165, 1.54) is 9.13 Å². The normalized spacial score (nSPS) is 17.3. The van der Waals surface area contributed by atoms with Gasteiger partial charge in [-0.05, 0) is 51.3 Å². The minimum absolute atomic E-state index is 0.0437. The fourth-order valence-corrected chi connectivity index (χ4v) is 4.33. The molecule has 1 unspecified atom stereocenters. The largest absolute Gasteiger partial charge is 0.341 e. The van der Waals surface area contributed by atoms with Crippen LogP contribution < -0.4 is 21.9 Å². The Morgan fingerprint density at radius 3 is 2.81 bits per heavy atom. The van der Waals surface area contributed by atoms with E-state index in [-0.39, 0.29) is 6.04 Å². The SMILES string of the molecule is CC#CCn1c(N2CCC[C@@H](N)C2)nc2c1c(=O)n(C(C)c1cc(C)ccn1)c(=O)n2C. The fourth-order valence-electron chi connectivity index (χ4n) is 4.33. The maximum absolute atomic E-state index is 13.7. The average molecular weight is 436 g/mol. The van der Waals surface area contributed by atoms with Crippen LogP contribution in [0.25, 0.3) is 11.2 Å². The highest BCUT2D eigenvalue weighted by Crippen LogP contribution is 2.23. The summed E-state index contributed by atoms with van der Waals surface area (Å²) in [5.74, 6) is 6.57. The number of pyridine rings is 1. The van der Waals surface area contributed by atoms with Gasteiger partial charge in [-0.1, -0.05) is 5.92 Å². The lowest BCUT2D eigenvalue weighted by Crippen LogP contribution is -2.44. The molecule has 4 rings (SSSR count). The van der Waals surface area contributed by atoms with Gasteiger partial charge in [0.2, 0.25) is 5.95 Å². The summed E-state index contributed by atoms with van der Waals surface area (Å²) in [7, 11) is 1.64. The number of anilines is 1. The number of hydrogen-bond acceptors (Lipinski definition) is 6. The number of rotatable bonds is 4. The second-order valence-electron chi connectivity index (χ2n) is 8.40. The number of aromatic nitrogens is 5. The van der Waals surface area contributed by atoms with Crippen LogP contribution in [0.1, 0.15) is 44.0 Å². The van der Waals surface area contributed by atoms with Gasteiger partial charge < -0.3 is 10.6 Å². The zero-order chi connectivity index (χ0) is 23.0. The first-order valence-electron chi connectivity index (χ1n) is 10.9. The fraction of sp³-hybridized carbons (Fsp3) is 0.478. The Bertz CT molecular complexity index is 1340. The number of piperidine rings is 1. The van der Waals surface area contributed by atoms with Crippen molar-refractivity contribution in [2.45, 2.75) is 52.2 Å². The molecule has 0 spiro atoms. The minimum Gasteiger partial charge on any atom is -0.341 e. The van der Waals surface area contributed by atoms with E-state index in [0.29, 0.717) is 35.9 Å². The van der Waals surface area contributed by atoms with Gasteiger partial charge in [-0.2, -0.15) is 4.98 Å². The molecule has 1 fully saturated rings. The summed E-state index contributed by atoms with van der Waals surface area (Å²) in [6, 6.07) is 3.29. The zero-order valence-corrected chi connectivity index (χ0v) is 19.0. The molecule has 2 atom stereocenters. The molecular weight excluding hydrogens is 406 g/mol. The molecule has 9 heteroatoms. The summed E-state index contributed by atoms with van der Waals surface area (Å²) in [6.45, 7) is 7.27. The van der Waals surface area contributed by atoms with E-state index in [9.17, 15) is 9.59 Å². The molecule has 0 bridgehead atoms. The van der Waals surface area contributed by atoms with E-state index >= 15 is 0 Å². The van der Waals surface area contributed by atoms with Crippen molar-refractivity contribution < 1.29 is 0 Å². The Morgan fingerprint density at radius 2 is 2.12 bits per heavy atom. The van der Waals surface area contributed by atoms with Gasteiger partial charge in [-0.3, -0.25) is 18.9 Å². The summed E-state index contributed by atoms with van der Waals surface area (Å²) in [6.07, 6.45) is 3.59. The molecule has 0 aliphatic carbocycles. The molecule has 3 aromatic heterocycles. The number of nitrogens with zero attached hydrogens (tertiary/aromatic N) is 6. The third-order valence-corrected chi connectivity index (χ3v) is 6.07. The molecule has 1 aliphatic heterocycles. The van der Waals surface area contributed by atoms with Gasteiger partial charge in [0.15, 0.2) is 11.2 Å². The van der Waals surface area contributed by atoms with Crippen molar-refractivity contribution in [2.24, 2.45) is 12.8 Å². The molecule has 168 valence electrons. The van der Waals surface area contributed by atoms with Gasteiger partial charge in [-0.25, -0.2) is 9.36 Å². The van der Waals surface area contributed by atoms with E-state index in [0.717, 1.165) is 24.9 Å². The first kappa shape index (κ1) is 21.8. The van der Waals surface area contributed by atoms with Crippen LogP contribution >= 0.6 is 0 Å². The molecule has 3 aromatic rings. The molecule has 1 saturated heterocycles. The van der Waals surface area contributed by atoms with Crippen LogP contribution in [-0.2, 0) is 13.6 Å². The average Bonchev–Trinajstić information content (AvgIpc) is 3.16. The summed E-state index contributed by atoms with van der Waals surface area (Å²) in [5, 5.41) is 0. The molecule has 4 heterocycles. The van der Waals surface area contributed by atoms with E-state index in [1.807, 2.05) is 30.5 Å². The smallest absolute Gasteiger partial charge is 0.333 e. The lowest BCUT2D eigenvalue weighted by molar-refractivity contribution is 0.496. The van der Waals surface area contributed by atoms with Gasteiger partial charge in [0.05, 0.1) is 18.3 Å². The Balaban J connectivity index is 1.97. The predicted octanol–water partition coefficient (Wildman–Crippen LogP) is 1.16. The molecule has 2 N–H and O–H groups in total. The van der Waals surface area contributed by atoms with Gasteiger partial charge in [0.25, 0.3) is 5.56 Å². The van der Waals surface area contributed by atoms with Crippen LogP contribution in [0.15, 0.2) is 27.9 Å². The third kappa shape index (κ3) is 3.71. The van der Waals surface area contributed by atoms with Crippen LogP contribution in [0, 0.1) is 18.8 Å². The van der Waals surface area contributed by atoms with Crippen LogP contribution in [0.2, 0.25) is 0 Å². The first-order valence-corrected chi connectivity index (χ1v) is 10.9. The summed E-state index contributed by atoms with van der Waals surface area (Å²) < 4.78 is 4.51. The summed E-state index contributed by atoms with van der Waals surface area (Å²) in [4.78, 5) is 38.2. The maximum Gasteiger partial charge on any atom is 0.333 e. The van der Waals surface area contributed by atoms with Crippen molar-refractivity contribution >= 4 is 17.1 Å². The molecule has 1 aliphatic rings. The summed E-state index contributed by atoms with van der Waals surface area (Å²) >= 11 is 0. The van der Waals surface area contributed by atoms with Crippen molar-refractivity contribution in [3.63, 3.8) is 0 Å². The van der Waals surface area contributed by atoms with Crippen molar-refractivity contribution in [3.05, 3.63) is 50.4 Å². The zero-order valence-electron chi connectivity index (χ0n) is 19.0. The van der Waals surface area contributed by atoms with Gasteiger partial charge in [0.1, 0.15) is 0 Å². The maximum atomic E-state index is 13.7. The Hall–Kier alpha value is -3.38. The van der Waals surface area contributed by atoms with Crippen molar-refractivity contribution in [3.8, 4) is 11.8 Å². The molecule has 0 amide bonds. The highest BCUT2D eigenvalue weighted by molar-refractivity contribution is 5.75. The number of aryl methyl sites for hydroxylation is 2. The van der Waals surface area contributed by atoms with E-state index in [4.69, 9.17) is 10.7 Å². The number of nitrogens with two attached hydrogens (primary N) is 1. The van der Waals surface area contributed by atoms with Crippen molar-refractivity contribution in [1.82, 2.24) is 23.7 Å². The number of imidazole rings is 1. The molecule has 0 aromatic carbocycles. The topological polar surface area (TPSA) is 104 Å². The minimum atomic E-state index is -0.530. The highest BCUT2D eigenvalue weighted by Gasteiger charge is 2.27. The molecule has 0 radical (unpaired) electrons. The molecule has 32 heavy (non-hydrogen) atoms. The lowest BCUT2D eigenvalue weighted by atomic mass is 10.1. The second-order valence-corrected chi connectivity index (χ2v) is 8.40. The monoisotopic (exact) mass is 435 g/mol. The van der Waals surface area contributed by atoms with Gasteiger partial charge in [0, 0.05) is 32.4 Å². The van der Waals surface area contributed by atoms with E-state index < -0.39 is 17.3 Å². The second kappa shape index (κ2) is 8.63. The highest BCUT2D eigenvalue weighted by atomic mass is 16.2. The Morgan fingerprint density at radius 1 is 1.34 bits per heavy atom. The molecular formula is C23H29N7O2. The van der Waals surface area contributed by atoms with E-state index in [2.05, 4.69) is 21.7 Å². The van der Waals surface area contributed by atoms with Crippen LogP contribution in [0.5, 0.6) is 0 Å². The van der Waals surface area contributed by atoms with Gasteiger partial charge >= 0.3 is 5.69 Å². The van der Waals surface area contributed by atoms with Crippen LogP contribution in [-0.4, -0.2) is 42.8 Å². The number of fused-ring (bicyclic) bond motifs is 1. The van der Waals surface area contributed by atoms with Crippen LogP contribution in [0.4, 0.5) is 5.95 Å². The van der Waals surface area contributed by atoms with Crippen molar-refractivity contribution in [2.75, 3.05) is 18.0 Å². The van der Waals surface area contributed by atoms with Gasteiger partial charge in [-0.15, -0.1) is 5.92 Å². The quantitative estimate of drug-likeness (QED) is 0.617. The Kier molecular flexibility index (Phi) is 5.89. The standard InChI is InChI=1S/C23H29N7O2/c1-5-6-12-29-19-20(26-22(29)28-11-7-8-17(24)14-28)27(4)23(32)30(21(19)31)16(3)18-13-15(2)9-10-25-18/h9-10,13,16-17H,7-8,11-12,14,24H2,1-4H3/t16?,17-/m1/s1. The first-order chi connectivity index (χ1) is 15.3. The summed E-state index contributed by atoms with van der Waals surface area (Å²) in [5.41, 5.74) is 7.77. The number of hydrogen-bond donors (Lipinski definition) is 1. The van der Waals surface area contributed by atoms with Crippen molar-refractivity contribution in [1.29, 1.82) is 0 Å². The molecule has 9 nitrogen and oxygen atoms in total. The Labute approximate surface area is 186 Å². The predicted molar refractivity (Wildman–Crippen MR) is 125 cm³/mol. The lowest BCUT2D eigenvalue weighted by Gasteiger charge is -2.31. The van der Waals surface area contributed by atoms with Crippen LogP contribution in [0.3, 0.4) is 0 Å². The van der Waals surface area contributed by atoms with E-state index in [1.54, 1.807) is 20.2 Å². The third-order valence-electron chi connectivity index (χ3n) is 6.07.